The van der Waals surface area contributed by atoms with Gasteiger partial charge < -0.3 is 10.6 Å². The first kappa shape index (κ1) is 13.8. The average Bonchev–Trinajstić information content (AvgIpc) is 3.15. The predicted molar refractivity (Wildman–Crippen MR) is 78.8 cm³/mol. The molecule has 18 heavy (non-hydrogen) atoms. The average molecular weight is 288 g/mol. The highest BCUT2D eigenvalue weighted by Crippen LogP contribution is 2.36. The van der Waals surface area contributed by atoms with Gasteiger partial charge in [0.15, 0.2) is 0 Å². The fourth-order valence-electron chi connectivity index (χ4n) is 1.86. The van der Waals surface area contributed by atoms with Gasteiger partial charge in [-0.1, -0.05) is 30.1 Å². The van der Waals surface area contributed by atoms with E-state index < -0.39 is 0 Å². The lowest BCUT2D eigenvalue weighted by atomic mass is 10.2. The standard InChI is InChI=1S/C13H19Cl2N3/c1-3-6-16-12-10(14)7-11(15)13(18-12)17-8(2)9-4-5-9/h7-9H,3-6H2,1-2H3,(H2,16,17,18). The van der Waals surface area contributed by atoms with Crippen molar-refractivity contribution in [3.8, 4) is 0 Å². The van der Waals surface area contributed by atoms with Crippen molar-refractivity contribution in [1.29, 1.82) is 0 Å². The molecular weight excluding hydrogens is 269 g/mol. The second-order valence-corrected chi connectivity index (χ2v) is 5.66. The fourth-order valence-corrected chi connectivity index (χ4v) is 2.34. The van der Waals surface area contributed by atoms with Gasteiger partial charge in [-0.3, -0.25) is 0 Å². The molecule has 100 valence electrons. The van der Waals surface area contributed by atoms with Crippen LogP contribution in [0.4, 0.5) is 11.6 Å². The molecule has 2 N–H and O–H groups in total. The minimum Gasteiger partial charge on any atom is -0.369 e. The summed E-state index contributed by atoms with van der Waals surface area (Å²) in [6, 6.07) is 2.16. The van der Waals surface area contributed by atoms with Crippen molar-refractivity contribution in [3.63, 3.8) is 0 Å². The summed E-state index contributed by atoms with van der Waals surface area (Å²) in [5.41, 5.74) is 0. The number of rotatable bonds is 6. The van der Waals surface area contributed by atoms with Gasteiger partial charge in [-0.05, 0) is 38.2 Å². The molecule has 1 unspecified atom stereocenters. The van der Waals surface area contributed by atoms with Gasteiger partial charge in [0.1, 0.15) is 11.6 Å². The van der Waals surface area contributed by atoms with Crippen molar-refractivity contribution >= 4 is 34.8 Å². The molecule has 1 atom stereocenters. The first-order chi connectivity index (χ1) is 8.61. The normalized spacial score (nSPS) is 16.4. The molecular formula is C13H19Cl2N3. The van der Waals surface area contributed by atoms with E-state index in [0.717, 1.165) is 24.7 Å². The number of nitrogens with one attached hydrogen (secondary N) is 2. The number of aromatic nitrogens is 1. The van der Waals surface area contributed by atoms with Gasteiger partial charge in [0.05, 0.1) is 10.0 Å². The quantitative estimate of drug-likeness (QED) is 0.813. The maximum Gasteiger partial charge on any atom is 0.147 e. The van der Waals surface area contributed by atoms with Crippen LogP contribution in [0.2, 0.25) is 10.0 Å². The Hall–Kier alpha value is -0.670. The third-order valence-corrected chi connectivity index (χ3v) is 3.74. The minimum atomic E-state index is 0.412. The van der Waals surface area contributed by atoms with Crippen molar-refractivity contribution in [3.05, 3.63) is 16.1 Å². The summed E-state index contributed by atoms with van der Waals surface area (Å²) in [6.07, 6.45) is 3.61. The largest absolute Gasteiger partial charge is 0.369 e. The van der Waals surface area contributed by atoms with Crippen LogP contribution in [0.5, 0.6) is 0 Å². The van der Waals surface area contributed by atoms with E-state index in [4.69, 9.17) is 23.2 Å². The van der Waals surface area contributed by atoms with Crippen LogP contribution in [-0.4, -0.2) is 17.6 Å². The van der Waals surface area contributed by atoms with Gasteiger partial charge in [0.2, 0.25) is 0 Å². The molecule has 1 saturated carbocycles. The minimum absolute atomic E-state index is 0.412. The molecule has 5 heteroatoms. The molecule has 1 heterocycles. The van der Waals surface area contributed by atoms with E-state index in [1.165, 1.54) is 12.8 Å². The number of nitrogens with zero attached hydrogens (tertiary/aromatic N) is 1. The Balaban J connectivity index is 2.12. The van der Waals surface area contributed by atoms with Crippen molar-refractivity contribution in [2.45, 2.75) is 39.2 Å². The summed E-state index contributed by atoms with van der Waals surface area (Å²) in [5, 5.41) is 7.73. The van der Waals surface area contributed by atoms with Gasteiger partial charge >= 0.3 is 0 Å². The third kappa shape index (κ3) is 3.42. The summed E-state index contributed by atoms with van der Waals surface area (Å²) in [4.78, 5) is 4.47. The molecule has 1 aliphatic carbocycles. The molecule has 1 aliphatic rings. The van der Waals surface area contributed by atoms with Gasteiger partial charge in [0, 0.05) is 12.6 Å². The number of anilines is 2. The lowest BCUT2D eigenvalue weighted by Gasteiger charge is -2.16. The van der Waals surface area contributed by atoms with Crippen LogP contribution in [-0.2, 0) is 0 Å². The monoisotopic (exact) mass is 287 g/mol. The Morgan fingerprint density at radius 1 is 1.33 bits per heavy atom. The summed E-state index contributed by atoms with van der Waals surface area (Å²) in [5.74, 6) is 2.18. The van der Waals surface area contributed by atoms with Crippen LogP contribution >= 0.6 is 23.2 Å². The molecule has 0 saturated heterocycles. The van der Waals surface area contributed by atoms with Crippen LogP contribution in [0.3, 0.4) is 0 Å². The summed E-state index contributed by atoms with van der Waals surface area (Å²) >= 11 is 12.3. The number of hydrogen-bond donors (Lipinski definition) is 2. The van der Waals surface area contributed by atoms with Crippen molar-refractivity contribution in [2.24, 2.45) is 5.92 Å². The summed E-state index contributed by atoms with van der Waals surface area (Å²) in [7, 11) is 0. The lowest BCUT2D eigenvalue weighted by molar-refractivity contribution is 0.691. The van der Waals surface area contributed by atoms with E-state index in [-0.39, 0.29) is 0 Å². The van der Waals surface area contributed by atoms with Crippen LogP contribution < -0.4 is 10.6 Å². The highest BCUT2D eigenvalue weighted by molar-refractivity contribution is 6.37. The molecule has 0 amide bonds. The molecule has 0 aliphatic heterocycles. The van der Waals surface area contributed by atoms with Gasteiger partial charge in [-0.25, -0.2) is 4.98 Å². The molecule has 1 fully saturated rings. The van der Waals surface area contributed by atoms with Crippen molar-refractivity contribution in [1.82, 2.24) is 4.98 Å². The van der Waals surface area contributed by atoms with Crippen LogP contribution in [0.15, 0.2) is 6.07 Å². The molecule has 3 nitrogen and oxygen atoms in total. The van der Waals surface area contributed by atoms with E-state index in [0.29, 0.717) is 21.9 Å². The maximum atomic E-state index is 6.17. The summed E-state index contributed by atoms with van der Waals surface area (Å²) in [6.45, 7) is 5.13. The molecule has 1 aromatic heterocycles. The maximum absolute atomic E-state index is 6.17. The lowest BCUT2D eigenvalue weighted by Crippen LogP contribution is -2.19. The smallest absolute Gasteiger partial charge is 0.147 e. The van der Waals surface area contributed by atoms with E-state index in [2.05, 4.69) is 29.5 Å². The van der Waals surface area contributed by atoms with Crippen LogP contribution in [0, 0.1) is 5.92 Å². The van der Waals surface area contributed by atoms with E-state index >= 15 is 0 Å². The SMILES string of the molecule is CCCNc1nc(NC(C)C2CC2)c(Cl)cc1Cl. The number of halogens is 2. The molecule has 0 spiro atoms. The third-order valence-electron chi connectivity index (χ3n) is 3.17. The Morgan fingerprint density at radius 3 is 2.61 bits per heavy atom. The Bertz CT molecular complexity index is 419. The zero-order chi connectivity index (χ0) is 13.1. The highest BCUT2D eigenvalue weighted by atomic mass is 35.5. The van der Waals surface area contributed by atoms with E-state index in [9.17, 15) is 0 Å². The molecule has 0 radical (unpaired) electrons. The molecule has 0 bridgehead atoms. The van der Waals surface area contributed by atoms with Crippen LogP contribution in [0.1, 0.15) is 33.1 Å². The summed E-state index contributed by atoms with van der Waals surface area (Å²) < 4.78 is 0. The first-order valence-corrected chi connectivity index (χ1v) is 7.23. The zero-order valence-electron chi connectivity index (χ0n) is 10.8. The molecule has 1 aromatic rings. The van der Waals surface area contributed by atoms with Gasteiger partial charge in [0.25, 0.3) is 0 Å². The second kappa shape index (κ2) is 5.98. The molecule has 0 aromatic carbocycles. The number of pyridine rings is 1. The second-order valence-electron chi connectivity index (χ2n) is 4.85. The van der Waals surface area contributed by atoms with E-state index in [1.54, 1.807) is 6.07 Å². The van der Waals surface area contributed by atoms with Gasteiger partial charge in [-0.15, -0.1) is 0 Å². The van der Waals surface area contributed by atoms with Crippen molar-refractivity contribution < 1.29 is 0 Å². The Kier molecular flexibility index (Phi) is 4.57. The Labute approximate surface area is 118 Å². The first-order valence-electron chi connectivity index (χ1n) is 6.48. The Morgan fingerprint density at radius 2 is 2.00 bits per heavy atom. The predicted octanol–water partition coefficient (Wildman–Crippen LogP) is 4.42. The fraction of sp³-hybridized carbons (Fsp3) is 0.615. The van der Waals surface area contributed by atoms with Gasteiger partial charge in [-0.2, -0.15) is 0 Å². The number of hydrogen-bond acceptors (Lipinski definition) is 3. The highest BCUT2D eigenvalue weighted by Gasteiger charge is 2.28. The molecule has 2 rings (SSSR count). The van der Waals surface area contributed by atoms with E-state index in [1.807, 2.05) is 0 Å². The van der Waals surface area contributed by atoms with Crippen molar-refractivity contribution in [2.75, 3.05) is 17.2 Å². The van der Waals surface area contributed by atoms with Crippen LogP contribution in [0.25, 0.3) is 0 Å². The zero-order valence-corrected chi connectivity index (χ0v) is 12.3. The topological polar surface area (TPSA) is 37.0 Å².